The van der Waals surface area contributed by atoms with Gasteiger partial charge in [-0.3, -0.25) is 4.90 Å². The van der Waals surface area contributed by atoms with Crippen LogP contribution in [0.25, 0.3) is 10.2 Å². The van der Waals surface area contributed by atoms with Crippen LogP contribution in [0.3, 0.4) is 0 Å². The lowest BCUT2D eigenvalue weighted by atomic mass is 10.1. The number of morpholine rings is 1. The highest BCUT2D eigenvalue weighted by Gasteiger charge is 2.26. The molecule has 3 heterocycles. The van der Waals surface area contributed by atoms with Gasteiger partial charge in [0.15, 0.2) is 0 Å². The van der Waals surface area contributed by atoms with Crippen molar-refractivity contribution in [3.05, 3.63) is 59.1 Å². The van der Waals surface area contributed by atoms with Crippen LogP contribution in [0.4, 0.5) is 0 Å². The fraction of sp³-hybridized carbons (Fsp3) is 0.536. The van der Waals surface area contributed by atoms with Crippen LogP contribution < -0.4 is 4.74 Å². The molecule has 35 heavy (non-hydrogen) atoms. The van der Waals surface area contributed by atoms with Gasteiger partial charge < -0.3 is 19.1 Å². The van der Waals surface area contributed by atoms with Crippen LogP contribution in [0.1, 0.15) is 42.4 Å². The van der Waals surface area contributed by atoms with E-state index < -0.39 is 0 Å². The molecule has 0 N–H and O–H groups in total. The number of hydrogen-bond donors (Lipinski definition) is 0. The van der Waals surface area contributed by atoms with Crippen LogP contribution >= 0.6 is 11.3 Å². The summed E-state index contributed by atoms with van der Waals surface area (Å²) < 4.78 is 19.6. The molecule has 2 aromatic carbocycles. The summed E-state index contributed by atoms with van der Waals surface area (Å²) in [6.45, 7) is 7.82. The molecule has 2 saturated heterocycles. The maximum Gasteiger partial charge on any atom is 0.135 e. The second kappa shape index (κ2) is 12.3. The molecule has 2 aliphatic rings. The summed E-state index contributed by atoms with van der Waals surface area (Å²) in [5.41, 5.74) is 2.16. The lowest BCUT2D eigenvalue weighted by molar-refractivity contribution is -0.0235. The fourth-order valence-electron chi connectivity index (χ4n) is 4.81. The van der Waals surface area contributed by atoms with Crippen LogP contribution in [-0.4, -0.2) is 80.5 Å². The molecule has 2 fully saturated rings. The molecular weight excluding hydrogens is 458 g/mol. The molecule has 0 spiro atoms. The maximum atomic E-state index is 6.76. The van der Waals surface area contributed by atoms with Gasteiger partial charge in [0.2, 0.25) is 0 Å². The van der Waals surface area contributed by atoms with Gasteiger partial charge in [0.1, 0.15) is 16.9 Å². The number of benzene rings is 2. The van der Waals surface area contributed by atoms with E-state index in [2.05, 4.69) is 59.3 Å². The van der Waals surface area contributed by atoms with Crippen molar-refractivity contribution in [3.8, 4) is 5.75 Å². The van der Waals surface area contributed by atoms with Crippen molar-refractivity contribution >= 4 is 21.6 Å². The third-order valence-corrected chi connectivity index (χ3v) is 8.01. The first-order valence-electron chi connectivity index (χ1n) is 13.0. The third kappa shape index (κ3) is 6.80. The summed E-state index contributed by atoms with van der Waals surface area (Å²) >= 11 is 1.73. The summed E-state index contributed by atoms with van der Waals surface area (Å²) in [6.07, 6.45) is 4.37. The van der Waals surface area contributed by atoms with E-state index in [1.165, 1.54) is 4.70 Å². The Balaban J connectivity index is 1.25. The monoisotopic (exact) mass is 495 g/mol. The molecule has 1 unspecified atom stereocenters. The van der Waals surface area contributed by atoms with Crippen molar-refractivity contribution in [2.24, 2.45) is 0 Å². The molecule has 0 bridgehead atoms. The number of thiazole rings is 1. The lowest BCUT2D eigenvalue weighted by Gasteiger charge is -2.31. The minimum Gasteiger partial charge on any atom is -0.494 e. The van der Waals surface area contributed by atoms with E-state index in [0.717, 1.165) is 100 Å². The van der Waals surface area contributed by atoms with Gasteiger partial charge in [-0.25, -0.2) is 4.98 Å². The molecule has 7 heteroatoms. The van der Waals surface area contributed by atoms with Crippen molar-refractivity contribution in [2.45, 2.75) is 37.9 Å². The smallest absolute Gasteiger partial charge is 0.135 e. The van der Waals surface area contributed by atoms with Gasteiger partial charge in [0.25, 0.3) is 0 Å². The van der Waals surface area contributed by atoms with Gasteiger partial charge >= 0.3 is 0 Å². The Kier molecular flexibility index (Phi) is 8.65. The lowest BCUT2D eigenvalue weighted by Crippen LogP contribution is -2.36. The first-order chi connectivity index (χ1) is 17.2. The molecule has 3 aromatic rings. The predicted octanol–water partition coefficient (Wildman–Crippen LogP) is 4.99. The number of fused-ring (bicyclic) bond motifs is 1. The van der Waals surface area contributed by atoms with Crippen LogP contribution in [0, 0.1) is 0 Å². The second-order valence-electron chi connectivity index (χ2n) is 9.62. The van der Waals surface area contributed by atoms with Crippen molar-refractivity contribution in [1.29, 1.82) is 0 Å². The molecule has 0 saturated carbocycles. The first kappa shape index (κ1) is 24.7. The standard InChI is InChI=1S/C28H37N3O3S/c1-30-14-11-23(12-15-30)34-27(28-29-25-9-2-3-10-26(25)35-28)22-7-6-8-24(21-22)33-18-5-4-13-31-16-19-32-20-17-31/h2-3,6-10,21,23,27H,4-5,11-20H2,1H3. The quantitative estimate of drug-likeness (QED) is 0.370. The van der Waals surface area contributed by atoms with E-state index in [9.17, 15) is 0 Å². The Labute approximate surface area is 212 Å². The average molecular weight is 496 g/mol. The molecule has 1 atom stereocenters. The van der Waals surface area contributed by atoms with E-state index >= 15 is 0 Å². The molecule has 1 aromatic heterocycles. The van der Waals surface area contributed by atoms with Gasteiger partial charge in [-0.15, -0.1) is 11.3 Å². The molecule has 0 aliphatic carbocycles. The summed E-state index contributed by atoms with van der Waals surface area (Å²) in [5.74, 6) is 0.909. The molecule has 5 rings (SSSR count). The van der Waals surface area contributed by atoms with Crippen LogP contribution in [-0.2, 0) is 9.47 Å². The minimum absolute atomic E-state index is 0.175. The molecule has 0 amide bonds. The molecule has 2 aliphatic heterocycles. The molecule has 6 nitrogen and oxygen atoms in total. The topological polar surface area (TPSA) is 47.1 Å². The third-order valence-electron chi connectivity index (χ3n) is 6.93. The number of likely N-dealkylation sites (tertiary alicyclic amines) is 1. The number of ether oxygens (including phenoxy) is 3. The Bertz CT molecular complexity index is 1030. The highest BCUT2D eigenvalue weighted by molar-refractivity contribution is 7.18. The summed E-state index contributed by atoms with van der Waals surface area (Å²) in [6, 6.07) is 16.8. The van der Waals surface area contributed by atoms with Gasteiger partial charge in [-0.2, -0.15) is 0 Å². The number of nitrogens with zero attached hydrogens (tertiary/aromatic N) is 3. The molecule has 188 valence electrons. The first-order valence-corrected chi connectivity index (χ1v) is 13.8. The fourth-order valence-corrected chi connectivity index (χ4v) is 5.85. The highest BCUT2D eigenvalue weighted by Crippen LogP contribution is 2.36. The minimum atomic E-state index is -0.175. The Hall–Kier alpha value is -2.03. The van der Waals surface area contributed by atoms with Crippen molar-refractivity contribution < 1.29 is 14.2 Å². The normalized spacial score (nSPS) is 19.2. The van der Waals surface area contributed by atoms with Crippen LogP contribution in [0.2, 0.25) is 0 Å². The zero-order valence-corrected chi connectivity index (χ0v) is 21.5. The number of unbranched alkanes of at least 4 members (excludes halogenated alkanes) is 1. The van der Waals surface area contributed by atoms with Crippen molar-refractivity contribution in [2.75, 3.05) is 59.6 Å². The zero-order valence-electron chi connectivity index (χ0n) is 20.7. The predicted molar refractivity (Wildman–Crippen MR) is 141 cm³/mol. The number of aromatic nitrogens is 1. The van der Waals surface area contributed by atoms with Gasteiger partial charge in [0.05, 0.1) is 36.1 Å². The number of piperidine rings is 1. The van der Waals surface area contributed by atoms with Gasteiger partial charge in [0, 0.05) is 26.2 Å². The summed E-state index contributed by atoms with van der Waals surface area (Å²) in [4.78, 5) is 9.81. The Morgan fingerprint density at radius 1 is 1.03 bits per heavy atom. The van der Waals surface area contributed by atoms with Crippen LogP contribution in [0.5, 0.6) is 5.75 Å². The molecule has 0 radical (unpaired) electrons. The summed E-state index contributed by atoms with van der Waals surface area (Å²) in [5, 5.41) is 1.02. The second-order valence-corrected chi connectivity index (χ2v) is 10.7. The average Bonchev–Trinajstić information content (AvgIpc) is 3.33. The molecular formula is C28H37N3O3S. The Morgan fingerprint density at radius 3 is 2.69 bits per heavy atom. The van der Waals surface area contributed by atoms with E-state index in [1.54, 1.807) is 11.3 Å². The van der Waals surface area contributed by atoms with Gasteiger partial charge in [-0.05, 0) is 69.1 Å². The van der Waals surface area contributed by atoms with E-state index in [-0.39, 0.29) is 12.2 Å². The maximum absolute atomic E-state index is 6.76. The zero-order chi connectivity index (χ0) is 23.9. The number of hydrogen-bond acceptors (Lipinski definition) is 7. The van der Waals surface area contributed by atoms with Crippen LogP contribution in [0.15, 0.2) is 48.5 Å². The van der Waals surface area contributed by atoms with Crippen molar-refractivity contribution in [3.63, 3.8) is 0 Å². The summed E-state index contributed by atoms with van der Waals surface area (Å²) in [7, 11) is 2.18. The number of rotatable bonds is 10. The van der Waals surface area contributed by atoms with E-state index in [1.807, 2.05) is 6.07 Å². The van der Waals surface area contributed by atoms with Gasteiger partial charge in [-0.1, -0.05) is 24.3 Å². The van der Waals surface area contributed by atoms with E-state index in [4.69, 9.17) is 19.2 Å². The van der Waals surface area contributed by atoms with E-state index in [0.29, 0.717) is 0 Å². The highest BCUT2D eigenvalue weighted by atomic mass is 32.1. The number of para-hydroxylation sites is 1. The largest absolute Gasteiger partial charge is 0.494 e. The SMILES string of the molecule is CN1CCC(OC(c2cccc(OCCCCN3CCOCC3)c2)c2nc3ccccc3s2)CC1. The Morgan fingerprint density at radius 2 is 1.86 bits per heavy atom. The van der Waals surface area contributed by atoms with Crippen molar-refractivity contribution in [1.82, 2.24) is 14.8 Å².